The van der Waals surface area contributed by atoms with Gasteiger partial charge in [-0.3, -0.25) is 0 Å². The Morgan fingerprint density at radius 2 is 1.94 bits per heavy atom. The second kappa shape index (κ2) is 5.16. The van der Waals surface area contributed by atoms with Gasteiger partial charge in [0.2, 0.25) is 10.0 Å². The van der Waals surface area contributed by atoms with Crippen LogP contribution >= 0.6 is 0 Å². The number of aliphatic hydroxyl groups is 1. The molecule has 0 aliphatic carbocycles. The Labute approximate surface area is 103 Å². The van der Waals surface area contributed by atoms with Gasteiger partial charge in [-0.1, -0.05) is 17.7 Å². The molecule has 0 saturated heterocycles. The Kier molecular flexibility index (Phi) is 4.30. The van der Waals surface area contributed by atoms with Crippen molar-refractivity contribution in [2.24, 2.45) is 0 Å². The fraction of sp³-hybridized carbons (Fsp3) is 0.500. The molecule has 0 saturated carbocycles. The minimum absolute atomic E-state index is 0.194. The number of likely N-dealkylation sites (N-methyl/N-ethyl adjacent to an activating group) is 1. The topological polar surface area (TPSA) is 57.6 Å². The summed E-state index contributed by atoms with van der Waals surface area (Å²) in [4.78, 5) is 0.297. The SMILES string of the molecule is Cc1ccc(S(=O)(=O)N(C)C(C)CO)c(C)c1. The van der Waals surface area contributed by atoms with E-state index in [1.807, 2.05) is 13.0 Å². The van der Waals surface area contributed by atoms with E-state index in [0.29, 0.717) is 4.90 Å². The van der Waals surface area contributed by atoms with Gasteiger partial charge < -0.3 is 5.11 Å². The molecule has 1 N–H and O–H groups in total. The molecular formula is C12H19NO3S. The summed E-state index contributed by atoms with van der Waals surface area (Å²) in [7, 11) is -2.04. The Morgan fingerprint density at radius 1 is 1.35 bits per heavy atom. The van der Waals surface area contributed by atoms with Crippen LogP contribution in [0.5, 0.6) is 0 Å². The van der Waals surface area contributed by atoms with E-state index in [0.717, 1.165) is 11.1 Å². The molecule has 1 rings (SSSR count). The molecule has 1 unspecified atom stereocenters. The third-order valence-electron chi connectivity index (χ3n) is 2.87. The van der Waals surface area contributed by atoms with Crippen molar-refractivity contribution in [3.8, 4) is 0 Å². The van der Waals surface area contributed by atoms with Crippen LogP contribution in [0.3, 0.4) is 0 Å². The zero-order chi connectivity index (χ0) is 13.2. The molecule has 0 radical (unpaired) electrons. The minimum Gasteiger partial charge on any atom is -0.395 e. The van der Waals surface area contributed by atoms with Crippen LogP contribution in [0.25, 0.3) is 0 Å². The van der Waals surface area contributed by atoms with Crippen LogP contribution in [-0.2, 0) is 10.0 Å². The van der Waals surface area contributed by atoms with Crippen molar-refractivity contribution in [2.45, 2.75) is 31.7 Å². The molecule has 0 heterocycles. The number of aryl methyl sites for hydroxylation is 2. The Bertz CT molecular complexity index is 496. The lowest BCUT2D eigenvalue weighted by molar-refractivity contribution is 0.214. The summed E-state index contributed by atoms with van der Waals surface area (Å²) < 4.78 is 25.8. The van der Waals surface area contributed by atoms with Gasteiger partial charge in [-0.2, -0.15) is 4.31 Å². The van der Waals surface area contributed by atoms with E-state index < -0.39 is 16.1 Å². The van der Waals surface area contributed by atoms with E-state index in [9.17, 15) is 8.42 Å². The average Bonchev–Trinajstić information content (AvgIpc) is 2.26. The lowest BCUT2D eigenvalue weighted by atomic mass is 10.2. The predicted octanol–water partition coefficient (Wildman–Crippen LogP) is 1.30. The summed E-state index contributed by atoms with van der Waals surface area (Å²) in [5, 5.41) is 9.02. The molecule has 1 atom stereocenters. The summed E-state index contributed by atoms with van der Waals surface area (Å²) in [6.45, 7) is 5.17. The predicted molar refractivity (Wildman–Crippen MR) is 67.4 cm³/mol. The molecule has 96 valence electrons. The largest absolute Gasteiger partial charge is 0.395 e. The summed E-state index contributed by atoms with van der Waals surface area (Å²) in [5.41, 5.74) is 1.75. The molecule has 0 fully saturated rings. The van der Waals surface area contributed by atoms with Crippen molar-refractivity contribution in [3.05, 3.63) is 29.3 Å². The van der Waals surface area contributed by atoms with Crippen LogP contribution in [-0.4, -0.2) is 37.5 Å². The van der Waals surface area contributed by atoms with Gasteiger partial charge >= 0.3 is 0 Å². The fourth-order valence-electron chi connectivity index (χ4n) is 1.60. The standard InChI is InChI=1S/C12H19NO3S/c1-9-5-6-12(10(2)7-9)17(15,16)13(4)11(3)8-14/h5-7,11,14H,8H2,1-4H3. The van der Waals surface area contributed by atoms with Crippen molar-refractivity contribution >= 4 is 10.0 Å². The zero-order valence-corrected chi connectivity index (χ0v) is 11.5. The number of sulfonamides is 1. The van der Waals surface area contributed by atoms with Gasteiger partial charge in [0.05, 0.1) is 11.5 Å². The smallest absolute Gasteiger partial charge is 0.243 e. The van der Waals surface area contributed by atoms with Crippen molar-refractivity contribution in [1.29, 1.82) is 0 Å². The fourth-order valence-corrected chi connectivity index (χ4v) is 3.15. The number of aliphatic hydroxyl groups excluding tert-OH is 1. The molecule has 0 spiro atoms. The van der Waals surface area contributed by atoms with Crippen LogP contribution in [0.15, 0.2) is 23.1 Å². The van der Waals surface area contributed by atoms with Gasteiger partial charge in [0.15, 0.2) is 0 Å². The monoisotopic (exact) mass is 257 g/mol. The van der Waals surface area contributed by atoms with Gasteiger partial charge in [0.25, 0.3) is 0 Å². The Balaban J connectivity index is 3.22. The number of hydrogen-bond donors (Lipinski definition) is 1. The molecule has 1 aromatic carbocycles. The highest BCUT2D eigenvalue weighted by Crippen LogP contribution is 2.21. The molecule has 0 aliphatic rings. The number of benzene rings is 1. The van der Waals surface area contributed by atoms with Gasteiger partial charge in [0, 0.05) is 13.1 Å². The van der Waals surface area contributed by atoms with Crippen molar-refractivity contribution < 1.29 is 13.5 Å². The lowest BCUT2D eigenvalue weighted by Gasteiger charge is -2.23. The maximum atomic E-state index is 12.3. The first-order valence-corrected chi connectivity index (χ1v) is 6.91. The lowest BCUT2D eigenvalue weighted by Crippen LogP contribution is -2.37. The summed E-state index contributed by atoms with van der Waals surface area (Å²) in [6.07, 6.45) is 0. The second-order valence-electron chi connectivity index (χ2n) is 4.32. The van der Waals surface area contributed by atoms with Crippen LogP contribution in [0.1, 0.15) is 18.1 Å². The highest BCUT2D eigenvalue weighted by molar-refractivity contribution is 7.89. The van der Waals surface area contributed by atoms with E-state index in [1.54, 1.807) is 26.0 Å². The van der Waals surface area contributed by atoms with Gasteiger partial charge in [-0.15, -0.1) is 0 Å². The zero-order valence-electron chi connectivity index (χ0n) is 10.6. The quantitative estimate of drug-likeness (QED) is 0.884. The maximum Gasteiger partial charge on any atom is 0.243 e. The molecule has 0 bridgehead atoms. The van der Waals surface area contributed by atoms with E-state index >= 15 is 0 Å². The second-order valence-corrected chi connectivity index (χ2v) is 6.29. The number of rotatable bonds is 4. The summed E-state index contributed by atoms with van der Waals surface area (Å²) in [6, 6.07) is 4.79. The van der Waals surface area contributed by atoms with E-state index in [-0.39, 0.29) is 6.61 Å². The highest BCUT2D eigenvalue weighted by atomic mass is 32.2. The Hall–Kier alpha value is -0.910. The maximum absolute atomic E-state index is 12.3. The molecule has 1 aromatic rings. The Morgan fingerprint density at radius 3 is 2.41 bits per heavy atom. The summed E-state index contributed by atoms with van der Waals surface area (Å²) >= 11 is 0. The van der Waals surface area contributed by atoms with Crippen molar-refractivity contribution in [2.75, 3.05) is 13.7 Å². The molecule has 17 heavy (non-hydrogen) atoms. The molecule has 4 nitrogen and oxygen atoms in total. The first-order chi connectivity index (χ1) is 7.80. The number of nitrogens with zero attached hydrogens (tertiary/aromatic N) is 1. The van der Waals surface area contributed by atoms with Crippen LogP contribution in [0.4, 0.5) is 0 Å². The van der Waals surface area contributed by atoms with Crippen molar-refractivity contribution in [3.63, 3.8) is 0 Å². The molecule has 0 aliphatic heterocycles. The first kappa shape index (κ1) is 14.2. The number of hydrogen-bond acceptors (Lipinski definition) is 3. The third-order valence-corrected chi connectivity index (χ3v) is 5.00. The van der Waals surface area contributed by atoms with E-state index in [2.05, 4.69) is 0 Å². The first-order valence-electron chi connectivity index (χ1n) is 5.47. The van der Waals surface area contributed by atoms with Crippen molar-refractivity contribution in [1.82, 2.24) is 4.31 Å². The van der Waals surface area contributed by atoms with Crippen LogP contribution < -0.4 is 0 Å². The van der Waals surface area contributed by atoms with Crippen LogP contribution in [0.2, 0.25) is 0 Å². The molecule has 0 amide bonds. The van der Waals surface area contributed by atoms with Crippen LogP contribution in [0, 0.1) is 13.8 Å². The minimum atomic E-state index is -3.52. The van der Waals surface area contributed by atoms with E-state index in [4.69, 9.17) is 5.11 Å². The van der Waals surface area contributed by atoms with Gasteiger partial charge in [-0.25, -0.2) is 8.42 Å². The summed E-state index contributed by atoms with van der Waals surface area (Å²) in [5.74, 6) is 0. The molecule has 5 heteroatoms. The molecular weight excluding hydrogens is 238 g/mol. The normalized spacial score (nSPS) is 14.0. The average molecular weight is 257 g/mol. The van der Waals surface area contributed by atoms with E-state index in [1.165, 1.54) is 11.4 Å². The third kappa shape index (κ3) is 2.86. The van der Waals surface area contributed by atoms with Gasteiger partial charge in [-0.05, 0) is 32.4 Å². The molecule has 0 aromatic heterocycles. The highest BCUT2D eigenvalue weighted by Gasteiger charge is 2.26. The van der Waals surface area contributed by atoms with Gasteiger partial charge in [0.1, 0.15) is 0 Å².